The molecule has 1 unspecified atom stereocenters. The summed E-state index contributed by atoms with van der Waals surface area (Å²) in [4.78, 5) is 61.1. The number of nitrogens with one attached hydrogen (secondary N) is 1. The summed E-state index contributed by atoms with van der Waals surface area (Å²) in [5.74, 6) is -2.25. The van der Waals surface area contributed by atoms with Crippen LogP contribution in [-0.2, 0) is 37.4 Å². The lowest BCUT2D eigenvalue weighted by atomic mass is 10.0. The number of nitrogens with zero attached hydrogens (tertiary/aromatic N) is 1. The summed E-state index contributed by atoms with van der Waals surface area (Å²) < 4.78 is 54.0. The predicted octanol–water partition coefficient (Wildman–Crippen LogP) is 9.88. The lowest BCUT2D eigenvalue weighted by Crippen LogP contribution is -2.34. The highest BCUT2D eigenvalue weighted by molar-refractivity contribution is 7.47. The van der Waals surface area contributed by atoms with Gasteiger partial charge in [-0.2, -0.15) is 4.39 Å². The Balaban J connectivity index is 1.76. The Bertz CT molecular complexity index is 1460. The fraction of sp³-hybridized carbons (Fsp3) is 0.864. The minimum absolute atomic E-state index is 0.134. The number of esters is 2. The van der Waals surface area contributed by atoms with Crippen molar-refractivity contribution < 1.29 is 51.8 Å². The zero-order chi connectivity index (χ0) is 43.9. The molecule has 14 nitrogen and oxygen atoms in total. The van der Waals surface area contributed by atoms with Crippen LogP contribution in [0.1, 0.15) is 206 Å². The first-order valence-corrected chi connectivity index (χ1v) is 24.8. The van der Waals surface area contributed by atoms with Crippen LogP contribution in [-0.4, -0.2) is 69.6 Å². The van der Waals surface area contributed by atoms with Crippen molar-refractivity contribution in [1.29, 1.82) is 0 Å². The number of aliphatic hydroxyl groups excluding tert-OH is 1. The zero-order valence-corrected chi connectivity index (χ0v) is 37.7. The number of hydrogen-bond acceptors (Lipinski definition) is 11. The van der Waals surface area contributed by atoms with Crippen molar-refractivity contribution in [2.24, 2.45) is 0 Å². The van der Waals surface area contributed by atoms with Crippen molar-refractivity contribution in [3.63, 3.8) is 0 Å². The molecule has 1 aliphatic rings. The number of halogens is 1. The van der Waals surface area contributed by atoms with Crippen molar-refractivity contribution in [2.45, 2.75) is 225 Å². The number of carbonyl (C=O) groups is 2. The van der Waals surface area contributed by atoms with E-state index in [4.69, 9.17) is 23.3 Å². The Morgan fingerprint density at radius 3 is 1.68 bits per heavy atom. The molecule has 1 aliphatic heterocycles. The molecule has 0 aliphatic carbocycles. The molecule has 1 fully saturated rings. The van der Waals surface area contributed by atoms with Gasteiger partial charge in [0.2, 0.25) is 5.82 Å². The molecule has 2 heterocycles. The van der Waals surface area contributed by atoms with E-state index in [0.29, 0.717) is 19.0 Å². The number of rotatable bonds is 38. The Labute approximate surface area is 357 Å². The first kappa shape index (κ1) is 53.7. The molecule has 1 aromatic heterocycles. The number of H-pyrrole nitrogens is 1. The first-order chi connectivity index (χ1) is 29.0. The maximum Gasteiger partial charge on any atom is 0.472 e. The molecule has 60 heavy (non-hydrogen) atoms. The van der Waals surface area contributed by atoms with Gasteiger partial charge in [0.05, 0.1) is 25.5 Å². The highest BCUT2D eigenvalue weighted by Crippen LogP contribution is 2.44. The van der Waals surface area contributed by atoms with Crippen LogP contribution in [0.15, 0.2) is 15.8 Å². The average Bonchev–Trinajstić information content (AvgIpc) is 3.59. The second kappa shape index (κ2) is 33.2. The van der Waals surface area contributed by atoms with E-state index in [9.17, 15) is 38.1 Å². The molecule has 0 saturated carbocycles. The third kappa shape index (κ3) is 25.5. The Kier molecular flexibility index (Phi) is 29.7. The third-order valence-electron chi connectivity index (χ3n) is 11.0. The average molecular weight is 877 g/mol. The molecular formula is C44H78FN2O12P. The summed E-state index contributed by atoms with van der Waals surface area (Å²) in [6.45, 7) is 2.81. The van der Waals surface area contributed by atoms with Gasteiger partial charge >= 0.3 is 25.5 Å². The third-order valence-corrected chi connectivity index (χ3v) is 11.9. The van der Waals surface area contributed by atoms with Gasteiger partial charge in [0, 0.05) is 19.3 Å². The largest absolute Gasteiger partial charge is 0.472 e. The van der Waals surface area contributed by atoms with E-state index in [1.165, 1.54) is 116 Å². The second-order valence-electron chi connectivity index (χ2n) is 16.4. The smallest absolute Gasteiger partial charge is 0.462 e. The van der Waals surface area contributed by atoms with Gasteiger partial charge in [0.1, 0.15) is 18.9 Å². The summed E-state index contributed by atoms with van der Waals surface area (Å²) >= 11 is 0. The molecule has 0 aromatic carbocycles. The van der Waals surface area contributed by atoms with E-state index in [1.807, 2.05) is 0 Å². The molecule has 1 aromatic rings. The van der Waals surface area contributed by atoms with Gasteiger partial charge in [-0.1, -0.05) is 168 Å². The Morgan fingerprint density at radius 2 is 1.20 bits per heavy atom. The zero-order valence-electron chi connectivity index (χ0n) is 36.8. The number of hydrogen-bond donors (Lipinski definition) is 3. The molecule has 0 bridgehead atoms. The lowest BCUT2D eigenvalue weighted by molar-refractivity contribution is -0.161. The SMILES string of the molecule is CCCCCCCCCCCCCCCC(=O)OC[C@@H](COP(=O)(O)OC[C@H]1O[C@@H](n2cc(F)c(=O)[nH]c2=O)C[C@@H]1O)OC(=O)CCCCCCCCCCCCCCC. The van der Waals surface area contributed by atoms with Crippen LogP contribution in [0.5, 0.6) is 0 Å². The van der Waals surface area contributed by atoms with E-state index >= 15 is 0 Å². The lowest BCUT2D eigenvalue weighted by Gasteiger charge is -2.21. The van der Waals surface area contributed by atoms with Crippen LogP contribution >= 0.6 is 7.82 Å². The molecule has 1 saturated heterocycles. The summed E-state index contributed by atoms with van der Waals surface area (Å²) in [5, 5.41) is 10.4. The molecule has 0 amide bonds. The van der Waals surface area contributed by atoms with Gasteiger partial charge in [-0.05, 0) is 12.8 Å². The van der Waals surface area contributed by atoms with Crippen LogP contribution in [0.2, 0.25) is 0 Å². The second-order valence-corrected chi connectivity index (χ2v) is 17.9. The highest BCUT2D eigenvalue weighted by Gasteiger charge is 2.38. The van der Waals surface area contributed by atoms with Gasteiger partial charge in [-0.15, -0.1) is 0 Å². The van der Waals surface area contributed by atoms with Gasteiger partial charge < -0.3 is 24.2 Å². The quantitative estimate of drug-likeness (QED) is 0.0324. The van der Waals surface area contributed by atoms with Crippen molar-refractivity contribution in [1.82, 2.24) is 9.55 Å². The highest BCUT2D eigenvalue weighted by atomic mass is 31.2. The van der Waals surface area contributed by atoms with Crippen LogP contribution in [0.3, 0.4) is 0 Å². The minimum Gasteiger partial charge on any atom is -0.462 e. The summed E-state index contributed by atoms with van der Waals surface area (Å²) in [7, 11) is -4.83. The van der Waals surface area contributed by atoms with E-state index in [1.54, 1.807) is 4.98 Å². The summed E-state index contributed by atoms with van der Waals surface area (Å²) in [6.07, 6.45) is 26.3. The van der Waals surface area contributed by atoms with Crippen LogP contribution < -0.4 is 11.2 Å². The van der Waals surface area contributed by atoms with Crippen molar-refractivity contribution in [2.75, 3.05) is 19.8 Å². The Hall–Kier alpha value is -2.42. The fourth-order valence-electron chi connectivity index (χ4n) is 7.29. The monoisotopic (exact) mass is 877 g/mol. The number of aliphatic hydroxyl groups is 1. The van der Waals surface area contributed by atoms with E-state index < -0.39 is 74.6 Å². The standard InChI is InChI=1S/C44H78FN2O12P/c1-3-5-7-9-11-13-15-17-19-21-23-25-27-29-41(49)55-33-36(58-42(50)30-28-26-24-22-20-18-16-14-12-10-8-6-4-2)34-56-60(53,54)57-35-39-38(48)31-40(59-39)47-32-37(45)43(51)46-44(47)52/h32,36,38-40,48H,3-31,33-35H2,1-2H3,(H,53,54)(H,46,51,52)/t36-,38-,39+,40+/m0/s1. The molecule has 16 heteroatoms. The van der Waals surface area contributed by atoms with Crippen LogP contribution in [0, 0.1) is 5.82 Å². The number of carbonyl (C=O) groups excluding carboxylic acids is 2. The molecule has 2 rings (SSSR count). The van der Waals surface area contributed by atoms with E-state index in [2.05, 4.69) is 13.8 Å². The fourth-order valence-corrected chi connectivity index (χ4v) is 8.05. The number of unbranched alkanes of at least 4 members (excludes halogenated alkanes) is 24. The summed E-state index contributed by atoms with van der Waals surface area (Å²) in [5.41, 5.74) is -2.17. The number of phosphoric ester groups is 1. The number of aromatic nitrogens is 2. The van der Waals surface area contributed by atoms with Crippen molar-refractivity contribution >= 4 is 19.8 Å². The van der Waals surface area contributed by atoms with Crippen molar-refractivity contribution in [3.8, 4) is 0 Å². The molecule has 0 spiro atoms. The molecular weight excluding hydrogens is 798 g/mol. The van der Waals surface area contributed by atoms with Crippen LogP contribution in [0.4, 0.5) is 4.39 Å². The van der Waals surface area contributed by atoms with Gasteiger partial charge in [0.25, 0.3) is 5.56 Å². The predicted molar refractivity (Wildman–Crippen MR) is 229 cm³/mol. The van der Waals surface area contributed by atoms with E-state index in [0.717, 1.165) is 43.1 Å². The number of ether oxygens (including phenoxy) is 3. The molecule has 0 radical (unpaired) electrons. The molecule has 348 valence electrons. The van der Waals surface area contributed by atoms with Crippen molar-refractivity contribution in [3.05, 3.63) is 32.9 Å². The van der Waals surface area contributed by atoms with E-state index in [-0.39, 0.29) is 25.9 Å². The number of phosphoric acid groups is 1. The maximum atomic E-state index is 13.8. The van der Waals surface area contributed by atoms with Crippen LogP contribution in [0.25, 0.3) is 0 Å². The summed E-state index contributed by atoms with van der Waals surface area (Å²) in [6, 6.07) is 0. The first-order valence-electron chi connectivity index (χ1n) is 23.3. The normalized spacial score (nSPS) is 18.1. The van der Waals surface area contributed by atoms with Gasteiger partial charge in [0.15, 0.2) is 6.10 Å². The maximum absolute atomic E-state index is 13.8. The molecule has 5 atom stereocenters. The topological polar surface area (TPSA) is 193 Å². The Morgan fingerprint density at radius 1 is 0.750 bits per heavy atom. The minimum atomic E-state index is -4.83. The van der Waals surface area contributed by atoms with Gasteiger partial charge in [-0.3, -0.25) is 33.0 Å². The van der Waals surface area contributed by atoms with Gasteiger partial charge in [-0.25, -0.2) is 9.36 Å². The number of aromatic amines is 1. The molecule has 3 N–H and O–H groups in total.